The molecule has 9 rings (SSSR count). The van der Waals surface area contributed by atoms with Gasteiger partial charge in [0.15, 0.2) is 11.6 Å². The number of rotatable bonds is 7. The maximum absolute atomic E-state index is 13.3. The standard InChI is InChI=1S/C30H36N6O4/c37-28(36-14-16-38-17-15-36)31-23-3-1-2-21(26-32-24(34-39-26)19-4-5-19)22(23)18-29-8-11-30(12-9-29,13-10-29)27-33-25(35-40-27)20-6-7-20/h1-3,19-20H,4-18H2,(H,31,37). The number of urea groups is 1. The molecular weight excluding hydrogens is 508 g/mol. The second kappa shape index (κ2) is 9.39. The third-order valence-electron chi connectivity index (χ3n) is 10.1. The van der Waals surface area contributed by atoms with Crippen molar-refractivity contribution < 1.29 is 18.6 Å². The van der Waals surface area contributed by atoms with E-state index < -0.39 is 0 Å². The van der Waals surface area contributed by atoms with Crippen LogP contribution in [0, 0.1) is 5.41 Å². The zero-order chi connectivity index (χ0) is 26.7. The summed E-state index contributed by atoms with van der Waals surface area (Å²) in [5.41, 5.74) is 3.03. The second-order valence-electron chi connectivity index (χ2n) is 12.8. The number of fused-ring (bicyclic) bond motifs is 3. The summed E-state index contributed by atoms with van der Waals surface area (Å²) in [7, 11) is 0. The summed E-state index contributed by atoms with van der Waals surface area (Å²) in [4.78, 5) is 24.7. The van der Waals surface area contributed by atoms with Crippen LogP contribution in [0.3, 0.4) is 0 Å². The molecule has 3 aromatic rings. The topological polar surface area (TPSA) is 119 Å². The predicted molar refractivity (Wildman–Crippen MR) is 145 cm³/mol. The van der Waals surface area contributed by atoms with Gasteiger partial charge in [0.1, 0.15) is 0 Å². The summed E-state index contributed by atoms with van der Waals surface area (Å²) in [6.45, 7) is 2.33. The van der Waals surface area contributed by atoms with Crippen LogP contribution < -0.4 is 5.32 Å². The van der Waals surface area contributed by atoms with Gasteiger partial charge in [-0.15, -0.1) is 0 Å². The predicted octanol–water partition coefficient (Wildman–Crippen LogP) is 5.57. The molecule has 6 fully saturated rings. The van der Waals surface area contributed by atoms with Crippen LogP contribution in [0.1, 0.15) is 99.1 Å². The summed E-state index contributed by atoms with van der Waals surface area (Å²) in [5, 5.41) is 11.9. The van der Waals surface area contributed by atoms with E-state index in [1.807, 2.05) is 17.0 Å². The number of aromatic nitrogens is 4. The fraction of sp³-hybridized carbons (Fsp3) is 0.633. The highest BCUT2D eigenvalue weighted by molar-refractivity contribution is 5.91. The Morgan fingerprint density at radius 1 is 0.900 bits per heavy atom. The Balaban J connectivity index is 1.08. The van der Waals surface area contributed by atoms with Crippen molar-refractivity contribution in [2.24, 2.45) is 5.41 Å². The number of benzene rings is 1. The largest absolute Gasteiger partial charge is 0.378 e. The molecule has 6 aliphatic rings. The Morgan fingerprint density at radius 3 is 2.27 bits per heavy atom. The first kappa shape index (κ1) is 24.5. The van der Waals surface area contributed by atoms with E-state index in [0.29, 0.717) is 44.0 Å². The lowest BCUT2D eigenvalue weighted by Crippen LogP contribution is -2.45. The van der Waals surface area contributed by atoms with E-state index in [-0.39, 0.29) is 16.9 Å². The molecule has 0 unspecified atom stereocenters. The maximum atomic E-state index is 13.3. The first-order valence-electron chi connectivity index (χ1n) is 15.0. The Kier molecular flexibility index (Phi) is 5.76. The Bertz CT molecular complexity index is 1390. The molecule has 40 heavy (non-hydrogen) atoms. The lowest BCUT2D eigenvalue weighted by atomic mass is 9.52. The molecule has 10 nitrogen and oxygen atoms in total. The quantitative estimate of drug-likeness (QED) is 0.410. The van der Waals surface area contributed by atoms with Gasteiger partial charge in [0.25, 0.3) is 5.89 Å². The van der Waals surface area contributed by atoms with E-state index in [9.17, 15) is 4.79 Å². The number of morpholine rings is 1. The lowest BCUT2D eigenvalue weighted by molar-refractivity contribution is 0.0232. The fourth-order valence-electron chi connectivity index (χ4n) is 7.09. The zero-order valence-electron chi connectivity index (χ0n) is 22.9. The molecule has 0 radical (unpaired) electrons. The normalized spacial score (nSPS) is 28.1. The number of amides is 2. The molecule has 5 aliphatic carbocycles. The molecule has 1 aromatic carbocycles. The third kappa shape index (κ3) is 4.40. The molecular formula is C30H36N6O4. The van der Waals surface area contributed by atoms with Crippen LogP contribution in [0.4, 0.5) is 10.5 Å². The first-order chi connectivity index (χ1) is 19.6. The highest BCUT2D eigenvalue weighted by Gasteiger charge is 2.52. The fourth-order valence-corrected chi connectivity index (χ4v) is 7.09. The summed E-state index contributed by atoms with van der Waals surface area (Å²) in [6.07, 6.45) is 11.9. The number of nitrogens with one attached hydrogen (secondary N) is 1. The smallest absolute Gasteiger partial charge is 0.322 e. The van der Waals surface area contributed by atoms with Crippen LogP contribution in [0.15, 0.2) is 27.2 Å². The molecule has 1 aliphatic heterocycles. The van der Waals surface area contributed by atoms with Crippen molar-refractivity contribution >= 4 is 11.7 Å². The van der Waals surface area contributed by atoms with E-state index in [2.05, 4.69) is 21.7 Å². The average molecular weight is 545 g/mol. The molecule has 1 saturated heterocycles. The van der Waals surface area contributed by atoms with Gasteiger partial charge in [-0.05, 0) is 93.7 Å². The van der Waals surface area contributed by atoms with Crippen molar-refractivity contribution in [1.29, 1.82) is 0 Å². The van der Waals surface area contributed by atoms with Crippen molar-refractivity contribution in [2.45, 2.75) is 87.9 Å². The van der Waals surface area contributed by atoms with Gasteiger partial charge in [-0.1, -0.05) is 16.4 Å². The maximum Gasteiger partial charge on any atom is 0.322 e. The summed E-state index contributed by atoms with van der Waals surface area (Å²) < 4.78 is 17.1. The molecule has 10 heteroatoms. The molecule has 1 N–H and O–H groups in total. The Labute approximate surface area is 233 Å². The second-order valence-corrected chi connectivity index (χ2v) is 12.8. The first-order valence-corrected chi connectivity index (χ1v) is 15.0. The number of carbonyl (C=O) groups is 1. The molecule has 210 valence electrons. The molecule has 2 aromatic heterocycles. The highest BCUT2D eigenvalue weighted by Crippen LogP contribution is 2.59. The van der Waals surface area contributed by atoms with Crippen LogP contribution in [-0.2, 0) is 16.6 Å². The third-order valence-corrected chi connectivity index (χ3v) is 10.1. The number of hydrogen-bond donors (Lipinski definition) is 1. The summed E-state index contributed by atoms with van der Waals surface area (Å²) in [6, 6.07) is 5.97. The monoisotopic (exact) mass is 544 g/mol. The van der Waals surface area contributed by atoms with Gasteiger partial charge < -0.3 is 24.0 Å². The summed E-state index contributed by atoms with van der Waals surface area (Å²) in [5.74, 6) is 4.04. The van der Waals surface area contributed by atoms with Gasteiger partial charge in [0.2, 0.25) is 5.89 Å². The van der Waals surface area contributed by atoms with Crippen molar-refractivity contribution in [1.82, 2.24) is 25.2 Å². The van der Waals surface area contributed by atoms with Crippen LogP contribution >= 0.6 is 0 Å². The Hall–Kier alpha value is -3.27. The van der Waals surface area contributed by atoms with Crippen molar-refractivity contribution in [3.8, 4) is 11.5 Å². The van der Waals surface area contributed by atoms with Gasteiger partial charge in [-0.25, -0.2) is 4.79 Å². The van der Waals surface area contributed by atoms with Gasteiger partial charge in [-0.2, -0.15) is 9.97 Å². The van der Waals surface area contributed by atoms with Crippen LogP contribution in [0.2, 0.25) is 0 Å². The van der Waals surface area contributed by atoms with E-state index in [0.717, 1.165) is 92.1 Å². The SMILES string of the molecule is O=C(Nc1cccc(-c2nc(C3CC3)no2)c1CC12CCC(c3nc(C4CC4)no3)(CC1)CC2)N1CCOCC1. The van der Waals surface area contributed by atoms with E-state index in [1.165, 1.54) is 12.8 Å². The van der Waals surface area contributed by atoms with Crippen molar-refractivity contribution in [3.05, 3.63) is 41.3 Å². The van der Waals surface area contributed by atoms with Crippen LogP contribution in [0.5, 0.6) is 0 Å². The number of anilines is 1. The minimum Gasteiger partial charge on any atom is -0.378 e. The van der Waals surface area contributed by atoms with E-state index in [4.69, 9.17) is 23.8 Å². The molecule has 5 saturated carbocycles. The minimum atomic E-state index is -0.0856. The molecule has 3 heterocycles. The van der Waals surface area contributed by atoms with Crippen molar-refractivity contribution in [3.63, 3.8) is 0 Å². The zero-order valence-corrected chi connectivity index (χ0v) is 22.9. The number of hydrogen-bond acceptors (Lipinski definition) is 8. The van der Waals surface area contributed by atoms with Crippen LogP contribution in [-0.4, -0.2) is 57.5 Å². The lowest BCUT2D eigenvalue weighted by Gasteiger charge is -2.52. The van der Waals surface area contributed by atoms with Gasteiger partial charge in [0.05, 0.1) is 13.2 Å². The Morgan fingerprint density at radius 2 is 1.57 bits per heavy atom. The molecule has 0 spiro atoms. The van der Waals surface area contributed by atoms with Crippen LogP contribution in [0.25, 0.3) is 11.5 Å². The number of nitrogens with zero attached hydrogens (tertiary/aromatic N) is 5. The minimum absolute atomic E-state index is 0.0143. The van der Waals surface area contributed by atoms with Gasteiger partial charge in [-0.3, -0.25) is 0 Å². The average Bonchev–Trinajstić information content (AvgIpc) is 3.94. The number of ether oxygens (including phenoxy) is 1. The molecule has 0 atom stereocenters. The van der Waals surface area contributed by atoms with E-state index in [1.54, 1.807) is 0 Å². The number of carbonyl (C=O) groups excluding carboxylic acids is 1. The van der Waals surface area contributed by atoms with Crippen molar-refractivity contribution in [2.75, 3.05) is 31.6 Å². The van der Waals surface area contributed by atoms with E-state index >= 15 is 0 Å². The van der Waals surface area contributed by atoms with Gasteiger partial charge in [0, 0.05) is 41.6 Å². The summed E-state index contributed by atoms with van der Waals surface area (Å²) >= 11 is 0. The van der Waals surface area contributed by atoms with Gasteiger partial charge >= 0.3 is 6.03 Å². The highest BCUT2D eigenvalue weighted by atomic mass is 16.5. The molecule has 2 amide bonds. The molecule has 2 bridgehead atoms.